The Morgan fingerprint density at radius 1 is 1.23 bits per heavy atom. The Hall–Kier alpha value is -3.16. The maximum atomic E-state index is 14.0. The van der Waals surface area contributed by atoms with Gasteiger partial charge in [0.05, 0.1) is 25.3 Å². The summed E-state index contributed by atoms with van der Waals surface area (Å²) in [6.07, 6.45) is 1.52. The second-order valence-electron chi connectivity index (χ2n) is 13.7. The standard InChI is InChI=1S/C35H50ClN3O9/c1-19(2)38(7)22(5)32(41)47-28-17-29(40)39(8)24-15-23(16-25(44-9)30(24)36)14-20(3)12-11-13-27(45-10)35(43)18-26(46-33(42)37-35)21(4)31-34(28,6)48-31/h11-13,15-16,19,21-22,26-28,31,43H,14,17-18H2,1-10H3,(H,37,42)/b13-11+,20-12+/t21-,22?,26?,27-,28+,31?,34?,35+/m1/s1. The third-order valence-corrected chi connectivity index (χ3v) is 10.4. The number of epoxide rings is 1. The van der Waals surface area contributed by atoms with Crippen molar-refractivity contribution in [3.05, 3.63) is 46.5 Å². The molecule has 3 aliphatic heterocycles. The van der Waals surface area contributed by atoms with Crippen molar-refractivity contribution < 1.29 is 43.2 Å². The number of rotatable bonds is 6. The molecule has 0 saturated carbocycles. The molecule has 2 fully saturated rings. The van der Waals surface area contributed by atoms with Gasteiger partial charge < -0.3 is 33.7 Å². The van der Waals surface area contributed by atoms with Crippen molar-refractivity contribution in [2.75, 3.05) is 33.2 Å². The molecule has 13 heteroatoms. The second-order valence-corrected chi connectivity index (χ2v) is 14.0. The number of carbonyl (C=O) groups excluding carboxylic acids is 3. The van der Waals surface area contributed by atoms with E-state index in [4.69, 9.17) is 35.3 Å². The number of fused-ring (bicyclic) bond motifs is 5. The van der Waals surface area contributed by atoms with Crippen LogP contribution in [0, 0.1) is 5.92 Å². The summed E-state index contributed by atoms with van der Waals surface area (Å²) in [5.74, 6) is -0.920. The predicted octanol–water partition coefficient (Wildman–Crippen LogP) is 4.40. The highest BCUT2D eigenvalue weighted by atomic mass is 35.5. The molecular formula is C35H50ClN3O9. The SMILES string of the molecule is COc1cc2cc(c1Cl)N(C)C(=O)C[C@H](OC(=O)C(C)N(C)C(C)C)C1(C)OC1[C@H](C)C1C[C@@](O)(NC(=O)O1)[C@H](OC)/C=C/C=C(\C)C2. The van der Waals surface area contributed by atoms with Crippen LogP contribution in [0.25, 0.3) is 0 Å². The van der Waals surface area contributed by atoms with Crippen molar-refractivity contribution in [2.24, 2.45) is 5.92 Å². The number of nitrogens with zero attached hydrogens (tertiary/aromatic N) is 2. The van der Waals surface area contributed by atoms with E-state index in [9.17, 15) is 19.5 Å². The van der Waals surface area contributed by atoms with E-state index >= 15 is 0 Å². The largest absolute Gasteiger partial charge is 0.495 e. The van der Waals surface area contributed by atoms with Crippen LogP contribution in [-0.4, -0.2) is 104 Å². The molecule has 8 atom stereocenters. The number of benzene rings is 1. The molecule has 12 nitrogen and oxygen atoms in total. The van der Waals surface area contributed by atoms with Gasteiger partial charge in [-0.15, -0.1) is 0 Å². The van der Waals surface area contributed by atoms with Gasteiger partial charge in [0, 0.05) is 32.5 Å². The zero-order valence-corrected chi connectivity index (χ0v) is 30.3. The van der Waals surface area contributed by atoms with Gasteiger partial charge >= 0.3 is 12.1 Å². The van der Waals surface area contributed by atoms with Crippen molar-refractivity contribution >= 4 is 35.3 Å². The molecule has 3 heterocycles. The molecule has 2 N–H and O–H groups in total. The zero-order chi connectivity index (χ0) is 35.7. The van der Waals surface area contributed by atoms with Gasteiger partial charge in [-0.1, -0.05) is 42.3 Å². The summed E-state index contributed by atoms with van der Waals surface area (Å²) in [4.78, 5) is 43.6. The number of aliphatic hydroxyl groups is 1. The number of methoxy groups -OCH3 is 2. The van der Waals surface area contributed by atoms with E-state index in [1.165, 1.54) is 19.1 Å². The maximum absolute atomic E-state index is 14.0. The number of anilines is 1. The normalized spacial score (nSPS) is 33.6. The molecule has 4 bridgehead atoms. The van der Waals surface area contributed by atoms with Gasteiger partial charge in [0.2, 0.25) is 5.91 Å². The fraction of sp³-hybridized carbons (Fsp3) is 0.629. The topological polar surface area (TPSA) is 139 Å². The molecule has 2 saturated heterocycles. The highest BCUT2D eigenvalue weighted by Gasteiger charge is 2.64. The van der Waals surface area contributed by atoms with Crippen LogP contribution in [0.5, 0.6) is 5.75 Å². The number of alkyl carbamates (subject to hydrolysis) is 1. The van der Waals surface area contributed by atoms with Crippen molar-refractivity contribution in [1.82, 2.24) is 10.2 Å². The van der Waals surface area contributed by atoms with Crippen molar-refractivity contribution in [1.29, 1.82) is 0 Å². The minimum absolute atomic E-state index is 0.00609. The van der Waals surface area contributed by atoms with Crippen molar-refractivity contribution in [2.45, 2.75) is 109 Å². The van der Waals surface area contributed by atoms with Gasteiger partial charge in [-0.05, 0) is 65.8 Å². The molecule has 1 aromatic rings. The van der Waals surface area contributed by atoms with Gasteiger partial charge in [0.15, 0.2) is 5.72 Å². The van der Waals surface area contributed by atoms with E-state index in [-0.39, 0.29) is 29.8 Å². The first-order valence-corrected chi connectivity index (χ1v) is 16.6. The molecule has 0 radical (unpaired) electrons. The Bertz CT molecular complexity index is 1450. The lowest BCUT2D eigenvalue weighted by atomic mass is 9.83. The minimum atomic E-state index is -1.78. The van der Waals surface area contributed by atoms with Crippen LogP contribution in [-0.2, 0) is 35.0 Å². The lowest BCUT2D eigenvalue weighted by Gasteiger charge is -2.42. The molecule has 3 aliphatic rings. The van der Waals surface area contributed by atoms with Crippen molar-refractivity contribution in [3.8, 4) is 5.75 Å². The first-order valence-electron chi connectivity index (χ1n) is 16.3. The molecule has 266 valence electrons. The monoisotopic (exact) mass is 691 g/mol. The molecule has 4 unspecified atom stereocenters. The van der Waals surface area contributed by atoms with Gasteiger partial charge in [0.1, 0.15) is 40.7 Å². The first kappa shape index (κ1) is 37.7. The molecule has 0 aromatic heterocycles. The Kier molecular flexibility index (Phi) is 11.6. The summed E-state index contributed by atoms with van der Waals surface area (Å²) in [5.41, 5.74) is -0.654. The summed E-state index contributed by atoms with van der Waals surface area (Å²) in [6, 6.07) is 3.11. The fourth-order valence-corrected chi connectivity index (χ4v) is 6.77. The van der Waals surface area contributed by atoms with Crippen molar-refractivity contribution in [3.63, 3.8) is 0 Å². The van der Waals surface area contributed by atoms with Gasteiger partial charge in [0.25, 0.3) is 0 Å². The number of hydrogen-bond donors (Lipinski definition) is 2. The van der Waals surface area contributed by atoms with Crippen LogP contribution >= 0.6 is 11.6 Å². The van der Waals surface area contributed by atoms with Gasteiger partial charge in [-0.3, -0.25) is 19.8 Å². The summed E-state index contributed by atoms with van der Waals surface area (Å²) in [5, 5.41) is 14.5. The van der Waals surface area contributed by atoms with E-state index < -0.39 is 59.8 Å². The van der Waals surface area contributed by atoms with Crippen LogP contribution < -0.4 is 15.0 Å². The molecule has 1 aromatic carbocycles. The van der Waals surface area contributed by atoms with Crippen LogP contribution in [0.2, 0.25) is 5.02 Å². The van der Waals surface area contributed by atoms with E-state index in [1.807, 2.05) is 57.9 Å². The Morgan fingerprint density at radius 2 is 1.92 bits per heavy atom. The van der Waals surface area contributed by atoms with Crippen LogP contribution in [0.1, 0.15) is 59.9 Å². The zero-order valence-electron chi connectivity index (χ0n) is 29.5. The van der Waals surface area contributed by atoms with E-state index in [0.717, 1.165) is 11.1 Å². The summed E-state index contributed by atoms with van der Waals surface area (Å²) in [6.45, 7) is 11.2. The predicted molar refractivity (Wildman–Crippen MR) is 181 cm³/mol. The molecule has 2 amide bonds. The summed E-state index contributed by atoms with van der Waals surface area (Å²) < 4.78 is 29.2. The average molecular weight is 692 g/mol. The fourth-order valence-electron chi connectivity index (χ4n) is 6.46. The first-order chi connectivity index (χ1) is 22.4. The Labute approximate surface area is 288 Å². The number of nitrogens with one attached hydrogen (secondary N) is 1. The number of likely N-dealkylation sites (N-methyl/N-ethyl adjacent to an activating group) is 1. The Morgan fingerprint density at radius 3 is 2.54 bits per heavy atom. The lowest BCUT2D eigenvalue weighted by molar-refractivity contribution is -0.159. The number of halogens is 1. The number of amides is 2. The van der Waals surface area contributed by atoms with Crippen LogP contribution in [0.3, 0.4) is 0 Å². The second kappa shape index (κ2) is 14.8. The van der Waals surface area contributed by atoms with Gasteiger partial charge in [-0.25, -0.2) is 4.79 Å². The van der Waals surface area contributed by atoms with E-state index in [2.05, 4.69) is 5.32 Å². The average Bonchev–Trinajstić information content (AvgIpc) is 3.73. The quantitative estimate of drug-likeness (QED) is 0.326. The molecule has 0 spiro atoms. The van der Waals surface area contributed by atoms with Crippen LogP contribution in [0.4, 0.5) is 10.5 Å². The third-order valence-electron chi connectivity index (χ3n) is 9.98. The number of allylic oxidation sites excluding steroid dienone is 3. The molecule has 4 rings (SSSR count). The maximum Gasteiger partial charge on any atom is 0.409 e. The lowest BCUT2D eigenvalue weighted by Crippen LogP contribution is -2.63. The highest BCUT2D eigenvalue weighted by molar-refractivity contribution is 6.35. The third kappa shape index (κ3) is 7.83. The molecule has 0 aliphatic carbocycles. The molecule has 48 heavy (non-hydrogen) atoms. The van der Waals surface area contributed by atoms with E-state index in [0.29, 0.717) is 17.9 Å². The smallest absolute Gasteiger partial charge is 0.409 e. The summed E-state index contributed by atoms with van der Waals surface area (Å²) in [7, 11) is 6.41. The minimum Gasteiger partial charge on any atom is -0.495 e. The van der Waals surface area contributed by atoms with Crippen LogP contribution in [0.15, 0.2) is 35.9 Å². The van der Waals surface area contributed by atoms with E-state index in [1.54, 1.807) is 33.0 Å². The number of carbonyl (C=O) groups is 3. The molecular weight excluding hydrogens is 642 g/mol. The number of hydrogen-bond acceptors (Lipinski definition) is 10. The summed E-state index contributed by atoms with van der Waals surface area (Å²) >= 11 is 6.74. The number of ether oxygens (including phenoxy) is 5. The van der Waals surface area contributed by atoms with Gasteiger partial charge in [-0.2, -0.15) is 0 Å². The highest BCUT2D eigenvalue weighted by Crippen LogP contribution is 2.49. The number of esters is 1. The Balaban J connectivity index is 1.79.